The lowest BCUT2D eigenvalue weighted by molar-refractivity contribution is 0.476. The predicted octanol–water partition coefficient (Wildman–Crippen LogP) is 3.87. The summed E-state index contributed by atoms with van der Waals surface area (Å²) in [6.45, 7) is 6.55. The van der Waals surface area contributed by atoms with E-state index in [9.17, 15) is 0 Å². The van der Waals surface area contributed by atoms with Crippen LogP contribution in [0.3, 0.4) is 0 Å². The SMILES string of the molecule is CCCC(C)CNCc1ccc(Cl)cc1. The summed E-state index contributed by atoms with van der Waals surface area (Å²) in [5.74, 6) is 0.766. The van der Waals surface area contributed by atoms with Gasteiger partial charge in [0.25, 0.3) is 0 Å². The second kappa shape index (κ2) is 6.86. The van der Waals surface area contributed by atoms with Crippen LogP contribution < -0.4 is 5.32 Å². The van der Waals surface area contributed by atoms with Crippen LogP contribution in [-0.2, 0) is 6.54 Å². The van der Waals surface area contributed by atoms with Crippen molar-refractivity contribution in [1.82, 2.24) is 5.32 Å². The van der Waals surface area contributed by atoms with Crippen molar-refractivity contribution in [2.45, 2.75) is 33.2 Å². The topological polar surface area (TPSA) is 12.0 Å². The summed E-state index contributed by atoms with van der Waals surface area (Å²) >= 11 is 5.82. The van der Waals surface area contributed by atoms with Gasteiger partial charge in [0.2, 0.25) is 0 Å². The van der Waals surface area contributed by atoms with Crippen LogP contribution in [-0.4, -0.2) is 6.54 Å². The van der Waals surface area contributed by atoms with E-state index in [0.29, 0.717) is 0 Å². The van der Waals surface area contributed by atoms with Crippen LogP contribution in [0, 0.1) is 5.92 Å². The fraction of sp³-hybridized carbons (Fsp3) is 0.538. The van der Waals surface area contributed by atoms with Crippen molar-refractivity contribution < 1.29 is 0 Å². The highest BCUT2D eigenvalue weighted by Gasteiger charge is 1.99. The second-order valence-corrected chi connectivity index (χ2v) is 4.59. The highest BCUT2D eigenvalue weighted by atomic mass is 35.5. The Kier molecular flexibility index (Phi) is 5.74. The van der Waals surface area contributed by atoms with E-state index in [4.69, 9.17) is 11.6 Å². The molecule has 0 bridgehead atoms. The average molecular weight is 226 g/mol. The molecule has 1 unspecified atom stereocenters. The van der Waals surface area contributed by atoms with Crippen molar-refractivity contribution in [3.63, 3.8) is 0 Å². The van der Waals surface area contributed by atoms with E-state index in [1.54, 1.807) is 0 Å². The molecule has 2 heteroatoms. The third kappa shape index (κ3) is 5.19. The zero-order valence-corrected chi connectivity index (χ0v) is 10.3. The van der Waals surface area contributed by atoms with Crippen LogP contribution in [0.1, 0.15) is 32.3 Å². The van der Waals surface area contributed by atoms with Gasteiger partial charge in [-0.25, -0.2) is 0 Å². The Balaban J connectivity index is 2.22. The van der Waals surface area contributed by atoms with Gasteiger partial charge < -0.3 is 5.32 Å². The fourth-order valence-electron chi connectivity index (χ4n) is 1.66. The Labute approximate surface area is 97.8 Å². The van der Waals surface area contributed by atoms with Crippen LogP contribution >= 0.6 is 11.6 Å². The molecule has 0 saturated carbocycles. The Bertz CT molecular complexity index is 268. The maximum atomic E-state index is 5.82. The van der Waals surface area contributed by atoms with Crippen LogP contribution in [0.4, 0.5) is 0 Å². The summed E-state index contributed by atoms with van der Waals surface area (Å²) in [7, 11) is 0. The molecule has 1 aromatic rings. The molecule has 1 nitrogen and oxygen atoms in total. The van der Waals surface area contributed by atoms with Crippen molar-refractivity contribution in [2.24, 2.45) is 5.92 Å². The van der Waals surface area contributed by atoms with Gasteiger partial charge in [-0.15, -0.1) is 0 Å². The largest absolute Gasteiger partial charge is 0.312 e. The summed E-state index contributed by atoms with van der Waals surface area (Å²) in [6, 6.07) is 8.02. The zero-order valence-electron chi connectivity index (χ0n) is 9.59. The summed E-state index contributed by atoms with van der Waals surface area (Å²) in [5, 5.41) is 4.27. The minimum Gasteiger partial charge on any atom is -0.312 e. The van der Waals surface area contributed by atoms with Gasteiger partial charge in [0.05, 0.1) is 0 Å². The van der Waals surface area contributed by atoms with Gasteiger partial charge >= 0.3 is 0 Å². The molecule has 0 aliphatic rings. The summed E-state index contributed by atoms with van der Waals surface area (Å²) in [4.78, 5) is 0. The van der Waals surface area contributed by atoms with Crippen molar-refractivity contribution >= 4 is 11.6 Å². The number of halogens is 1. The highest BCUT2D eigenvalue weighted by Crippen LogP contribution is 2.09. The molecule has 0 aromatic heterocycles. The minimum atomic E-state index is 0.766. The van der Waals surface area contributed by atoms with Gasteiger partial charge in [0.1, 0.15) is 0 Å². The molecule has 15 heavy (non-hydrogen) atoms. The number of nitrogens with one attached hydrogen (secondary N) is 1. The van der Waals surface area contributed by atoms with Gasteiger partial charge in [0.15, 0.2) is 0 Å². The quantitative estimate of drug-likeness (QED) is 0.775. The molecular formula is C13H20ClN. The maximum absolute atomic E-state index is 5.82. The first-order valence-corrected chi connectivity index (χ1v) is 6.05. The van der Waals surface area contributed by atoms with Crippen LogP contribution in [0.15, 0.2) is 24.3 Å². The maximum Gasteiger partial charge on any atom is 0.0406 e. The average Bonchev–Trinajstić information content (AvgIpc) is 2.21. The highest BCUT2D eigenvalue weighted by molar-refractivity contribution is 6.30. The molecule has 0 radical (unpaired) electrons. The third-order valence-corrected chi connectivity index (χ3v) is 2.77. The lowest BCUT2D eigenvalue weighted by Crippen LogP contribution is -2.20. The first kappa shape index (κ1) is 12.5. The second-order valence-electron chi connectivity index (χ2n) is 4.15. The first-order valence-electron chi connectivity index (χ1n) is 5.67. The van der Waals surface area contributed by atoms with E-state index in [-0.39, 0.29) is 0 Å². The van der Waals surface area contributed by atoms with Crippen LogP contribution in [0.25, 0.3) is 0 Å². The van der Waals surface area contributed by atoms with Crippen molar-refractivity contribution in [3.05, 3.63) is 34.9 Å². The van der Waals surface area contributed by atoms with Crippen LogP contribution in [0.2, 0.25) is 5.02 Å². The Hall–Kier alpha value is -0.530. The third-order valence-electron chi connectivity index (χ3n) is 2.52. The summed E-state index contributed by atoms with van der Waals surface area (Å²) in [5.41, 5.74) is 1.29. The minimum absolute atomic E-state index is 0.766. The molecule has 0 aliphatic carbocycles. The molecule has 0 saturated heterocycles. The fourth-order valence-corrected chi connectivity index (χ4v) is 1.79. The molecule has 0 spiro atoms. The standard InChI is InChI=1S/C13H20ClN/c1-3-4-11(2)9-15-10-12-5-7-13(14)8-6-12/h5-8,11,15H,3-4,9-10H2,1-2H3. The van der Waals surface area contributed by atoms with Gasteiger partial charge in [-0.05, 0) is 36.6 Å². The summed E-state index contributed by atoms with van der Waals surface area (Å²) in [6.07, 6.45) is 2.57. The zero-order chi connectivity index (χ0) is 11.1. The lowest BCUT2D eigenvalue weighted by atomic mass is 10.1. The summed E-state index contributed by atoms with van der Waals surface area (Å²) < 4.78 is 0. The van der Waals surface area contributed by atoms with Crippen molar-refractivity contribution in [1.29, 1.82) is 0 Å². The molecule has 0 aliphatic heterocycles. The van der Waals surface area contributed by atoms with E-state index < -0.39 is 0 Å². The molecule has 1 rings (SSSR count). The van der Waals surface area contributed by atoms with Gasteiger partial charge in [-0.1, -0.05) is 44.0 Å². The molecule has 1 atom stereocenters. The molecule has 84 valence electrons. The molecule has 1 aromatic carbocycles. The van der Waals surface area contributed by atoms with E-state index in [1.807, 2.05) is 12.1 Å². The Morgan fingerprint density at radius 3 is 2.53 bits per heavy atom. The normalized spacial score (nSPS) is 12.7. The van der Waals surface area contributed by atoms with Gasteiger partial charge in [-0.3, -0.25) is 0 Å². The molecule has 0 fully saturated rings. The molecule has 1 N–H and O–H groups in total. The predicted molar refractivity (Wildman–Crippen MR) is 67.2 cm³/mol. The van der Waals surface area contributed by atoms with E-state index >= 15 is 0 Å². The number of benzene rings is 1. The van der Waals surface area contributed by atoms with Crippen molar-refractivity contribution in [3.8, 4) is 0 Å². The van der Waals surface area contributed by atoms with Gasteiger partial charge in [-0.2, -0.15) is 0 Å². The Morgan fingerprint density at radius 1 is 1.27 bits per heavy atom. The number of hydrogen-bond donors (Lipinski definition) is 1. The lowest BCUT2D eigenvalue weighted by Gasteiger charge is -2.11. The first-order chi connectivity index (χ1) is 7.22. The Morgan fingerprint density at radius 2 is 1.93 bits per heavy atom. The number of rotatable bonds is 6. The van der Waals surface area contributed by atoms with E-state index in [1.165, 1.54) is 18.4 Å². The van der Waals surface area contributed by atoms with Crippen LogP contribution in [0.5, 0.6) is 0 Å². The molecule has 0 amide bonds. The number of hydrogen-bond acceptors (Lipinski definition) is 1. The van der Waals surface area contributed by atoms with Gasteiger partial charge in [0, 0.05) is 11.6 Å². The van der Waals surface area contributed by atoms with E-state index in [0.717, 1.165) is 24.0 Å². The monoisotopic (exact) mass is 225 g/mol. The van der Waals surface area contributed by atoms with Crippen molar-refractivity contribution in [2.75, 3.05) is 6.54 Å². The molecule has 0 heterocycles. The smallest absolute Gasteiger partial charge is 0.0406 e. The van der Waals surface area contributed by atoms with E-state index in [2.05, 4.69) is 31.3 Å². The molecular weight excluding hydrogens is 206 g/mol.